The van der Waals surface area contributed by atoms with E-state index < -0.39 is 0 Å². The second kappa shape index (κ2) is 6.04. The van der Waals surface area contributed by atoms with E-state index in [1.807, 2.05) is 25.1 Å². The maximum absolute atomic E-state index is 5.42. The van der Waals surface area contributed by atoms with Crippen molar-refractivity contribution in [3.63, 3.8) is 0 Å². The molecule has 4 heterocycles. The van der Waals surface area contributed by atoms with Gasteiger partial charge in [0.15, 0.2) is 5.65 Å². The zero-order chi connectivity index (χ0) is 15.6. The number of hydrogen-bond acceptors (Lipinski definition) is 4. The Morgan fingerprint density at radius 3 is 3.00 bits per heavy atom. The summed E-state index contributed by atoms with van der Waals surface area (Å²) in [5.41, 5.74) is 2.90. The molecule has 119 valence electrons. The molecule has 0 unspecified atom stereocenters. The van der Waals surface area contributed by atoms with Gasteiger partial charge in [-0.05, 0) is 51.1 Å². The summed E-state index contributed by atoms with van der Waals surface area (Å²) in [6.07, 6.45) is 5.64. The van der Waals surface area contributed by atoms with Crippen molar-refractivity contribution in [1.82, 2.24) is 25.2 Å². The van der Waals surface area contributed by atoms with E-state index in [9.17, 15) is 0 Å². The molecule has 1 radical (unpaired) electrons. The van der Waals surface area contributed by atoms with E-state index >= 15 is 0 Å². The summed E-state index contributed by atoms with van der Waals surface area (Å²) in [6, 6.07) is 6.23. The number of hydrogen-bond donors (Lipinski definition) is 1. The standard InChI is InChI=1S/C17H20N5O/c1-12-13(6-10-23-12)11-22-16-15(3-2-7-19-16)21-17(22)20-14-4-8-18-9-5-14/h2-3,6-7,10,14,18H,4-5,8-9,11H2,1H3. The van der Waals surface area contributed by atoms with E-state index in [1.165, 1.54) is 0 Å². The van der Waals surface area contributed by atoms with Crippen molar-refractivity contribution in [1.29, 1.82) is 0 Å². The van der Waals surface area contributed by atoms with E-state index in [-0.39, 0.29) is 0 Å². The lowest BCUT2D eigenvalue weighted by molar-refractivity contribution is 0.410. The smallest absolute Gasteiger partial charge is 0.227 e. The normalized spacial score (nSPS) is 16.0. The fraction of sp³-hybridized carbons (Fsp3) is 0.412. The monoisotopic (exact) mass is 310 g/mol. The molecule has 0 aromatic carbocycles. The van der Waals surface area contributed by atoms with Crippen molar-refractivity contribution in [3.05, 3.63) is 42.0 Å². The van der Waals surface area contributed by atoms with Crippen LogP contribution >= 0.6 is 0 Å². The van der Waals surface area contributed by atoms with Gasteiger partial charge in [0.2, 0.25) is 5.95 Å². The van der Waals surface area contributed by atoms with Crippen molar-refractivity contribution < 1.29 is 4.42 Å². The molecule has 4 rings (SSSR count). The van der Waals surface area contributed by atoms with E-state index in [0.717, 1.165) is 54.4 Å². The molecule has 1 aliphatic heterocycles. The lowest BCUT2D eigenvalue weighted by Gasteiger charge is -2.22. The number of rotatable bonds is 4. The average molecular weight is 310 g/mol. The van der Waals surface area contributed by atoms with E-state index in [1.54, 1.807) is 12.5 Å². The Bertz CT molecular complexity index is 800. The van der Waals surface area contributed by atoms with Crippen molar-refractivity contribution >= 4 is 17.1 Å². The topological polar surface area (TPSA) is 70.0 Å². The molecule has 0 atom stereocenters. The molecular weight excluding hydrogens is 290 g/mol. The summed E-state index contributed by atoms with van der Waals surface area (Å²) >= 11 is 0. The average Bonchev–Trinajstić information content (AvgIpc) is 3.13. The summed E-state index contributed by atoms with van der Waals surface area (Å²) in [5.74, 6) is 1.70. The SMILES string of the molecule is Cc1occc1Cn1c([N]C2CCNCC2)nc2cccnc21. The number of nitrogens with zero attached hydrogens (tertiary/aromatic N) is 4. The minimum atomic E-state index is 0.331. The van der Waals surface area contributed by atoms with Gasteiger partial charge in [-0.25, -0.2) is 15.3 Å². The zero-order valence-corrected chi connectivity index (χ0v) is 13.2. The number of aromatic nitrogens is 3. The third-order valence-electron chi connectivity index (χ3n) is 4.39. The van der Waals surface area contributed by atoms with Crippen LogP contribution in [0, 0.1) is 6.92 Å². The number of piperidine rings is 1. The van der Waals surface area contributed by atoms with E-state index in [4.69, 9.17) is 14.7 Å². The molecule has 0 saturated carbocycles. The number of nitrogens with one attached hydrogen (secondary N) is 1. The van der Waals surface area contributed by atoms with Crippen LogP contribution in [-0.2, 0) is 6.54 Å². The summed E-state index contributed by atoms with van der Waals surface area (Å²) in [4.78, 5) is 9.20. The van der Waals surface area contributed by atoms with Gasteiger partial charge in [-0.1, -0.05) is 0 Å². The van der Waals surface area contributed by atoms with Crippen LogP contribution < -0.4 is 10.6 Å². The number of furan rings is 1. The van der Waals surface area contributed by atoms with Crippen LogP contribution in [0.3, 0.4) is 0 Å². The van der Waals surface area contributed by atoms with Gasteiger partial charge < -0.3 is 9.73 Å². The second-order valence-corrected chi connectivity index (χ2v) is 5.96. The minimum absolute atomic E-state index is 0.331. The van der Waals surface area contributed by atoms with Gasteiger partial charge in [-0.3, -0.25) is 4.57 Å². The van der Waals surface area contributed by atoms with Crippen molar-refractivity contribution in [2.24, 2.45) is 0 Å². The molecule has 1 N–H and O–H groups in total. The van der Waals surface area contributed by atoms with Crippen LogP contribution in [-0.4, -0.2) is 33.7 Å². The highest BCUT2D eigenvalue weighted by Crippen LogP contribution is 2.23. The number of pyridine rings is 1. The van der Waals surface area contributed by atoms with E-state index in [0.29, 0.717) is 12.6 Å². The van der Waals surface area contributed by atoms with Crippen molar-refractivity contribution in [2.75, 3.05) is 13.1 Å². The van der Waals surface area contributed by atoms with Gasteiger partial charge in [-0.2, -0.15) is 0 Å². The molecular formula is C17H20N5O. The van der Waals surface area contributed by atoms with Gasteiger partial charge in [0, 0.05) is 11.8 Å². The highest BCUT2D eigenvalue weighted by Gasteiger charge is 2.20. The summed E-state index contributed by atoms with van der Waals surface area (Å²) in [5, 5.41) is 8.28. The highest BCUT2D eigenvalue weighted by atomic mass is 16.3. The highest BCUT2D eigenvalue weighted by molar-refractivity contribution is 5.73. The first-order valence-electron chi connectivity index (χ1n) is 8.07. The summed E-state index contributed by atoms with van der Waals surface area (Å²) < 4.78 is 7.51. The summed E-state index contributed by atoms with van der Waals surface area (Å²) in [7, 11) is 0. The second-order valence-electron chi connectivity index (χ2n) is 5.96. The number of fused-ring (bicyclic) bond motifs is 1. The molecule has 6 nitrogen and oxygen atoms in total. The van der Waals surface area contributed by atoms with E-state index in [2.05, 4.69) is 14.9 Å². The molecule has 0 spiro atoms. The quantitative estimate of drug-likeness (QED) is 0.803. The molecule has 1 aliphatic rings. The van der Waals surface area contributed by atoms with Gasteiger partial charge in [0.25, 0.3) is 0 Å². The van der Waals surface area contributed by atoms with Crippen LogP contribution in [0.25, 0.3) is 11.2 Å². The van der Waals surface area contributed by atoms with Crippen LogP contribution in [0.15, 0.2) is 35.1 Å². The third kappa shape index (κ3) is 2.82. The van der Waals surface area contributed by atoms with Crippen molar-refractivity contribution in [2.45, 2.75) is 32.4 Å². The zero-order valence-electron chi connectivity index (χ0n) is 13.2. The lowest BCUT2D eigenvalue weighted by atomic mass is 10.1. The van der Waals surface area contributed by atoms with Crippen LogP contribution in [0.2, 0.25) is 0 Å². The molecule has 3 aromatic heterocycles. The fourth-order valence-corrected chi connectivity index (χ4v) is 3.04. The Hall–Kier alpha value is -2.34. The Labute approximate surface area is 134 Å². The molecule has 1 fully saturated rings. The first kappa shape index (κ1) is 14.3. The Morgan fingerprint density at radius 1 is 1.35 bits per heavy atom. The predicted octanol–water partition coefficient (Wildman–Crippen LogP) is 2.37. The van der Waals surface area contributed by atoms with Crippen molar-refractivity contribution in [3.8, 4) is 0 Å². The lowest BCUT2D eigenvalue weighted by Crippen LogP contribution is -2.35. The Kier molecular flexibility index (Phi) is 3.75. The van der Waals surface area contributed by atoms with Crippen LogP contribution in [0.5, 0.6) is 0 Å². The van der Waals surface area contributed by atoms with Gasteiger partial charge in [0.05, 0.1) is 18.8 Å². The molecule has 3 aromatic rings. The predicted molar refractivity (Wildman–Crippen MR) is 87.8 cm³/mol. The van der Waals surface area contributed by atoms with Crippen LogP contribution in [0.4, 0.5) is 5.95 Å². The molecule has 1 saturated heterocycles. The maximum atomic E-state index is 5.42. The fourth-order valence-electron chi connectivity index (χ4n) is 3.04. The molecule has 0 aliphatic carbocycles. The molecule has 0 amide bonds. The first-order chi connectivity index (χ1) is 11.3. The Balaban J connectivity index is 1.70. The number of imidazole rings is 1. The largest absolute Gasteiger partial charge is 0.469 e. The van der Waals surface area contributed by atoms with Gasteiger partial charge in [-0.15, -0.1) is 0 Å². The molecule has 23 heavy (non-hydrogen) atoms. The summed E-state index contributed by atoms with van der Waals surface area (Å²) in [6.45, 7) is 4.70. The maximum Gasteiger partial charge on any atom is 0.227 e. The first-order valence-corrected chi connectivity index (χ1v) is 8.07. The number of aryl methyl sites for hydroxylation is 1. The van der Waals surface area contributed by atoms with Gasteiger partial charge in [0.1, 0.15) is 11.3 Å². The van der Waals surface area contributed by atoms with Gasteiger partial charge >= 0.3 is 0 Å². The molecule has 0 bridgehead atoms. The Morgan fingerprint density at radius 2 is 2.22 bits per heavy atom. The third-order valence-corrected chi connectivity index (χ3v) is 4.39. The molecule has 6 heteroatoms. The minimum Gasteiger partial charge on any atom is -0.469 e. The van der Waals surface area contributed by atoms with Crippen LogP contribution in [0.1, 0.15) is 24.2 Å².